The molecule has 200 valence electrons. The first kappa shape index (κ1) is 27.0. The van der Waals surface area contributed by atoms with E-state index in [2.05, 4.69) is 20.1 Å². The summed E-state index contributed by atoms with van der Waals surface area (Å²) in [4.78, 5) is 13.0. The Morgan fingerprint density at radius 3 is 2.45 bits per heavy atom. The summed E-state index contributed by atoms with van der Waals surface area (Å²) in [5.74, 6) is 1.73. The molecule has 0 saturated heterocycles. The van der Waals surface area contributed by atoms with Crippen LogP contribution in [0.5, 0.6) is 5.88 Å². The molecule has 4 heterocycles. The maximum Gasteiger partial charge on any atom is 0.416 e. The molecule has 38 heavy (non-hydrogen) atoms. The Morgan fingerprint density at radius 2 is 1.82 bits per heavy atom. The van der Waals surface area contributed by atoms with E-state index in [0.29, 0.717) is 17.2 Å². The Kier molecular flexibility index (Phi) is 8.49. The second-order valence-electron chi connectivity index (χ2n) is 8.45. The Bertz CT molecular complexity index is 1340. The van der Waals surface area contributed by atoms with Crippen LogP contribution in [0.3, 0.4) is 0 Å². The van der Waals surface area contributed by atoms with Gasteiger partial charge in [0.15, 0.2) is 12.4 Å². The van der Waals surface area contributed by atoms with E-state index >= 15 is 0 Å². The van der Waals surface area contributed by atoms with Gasteiger partial charge < -0.3 is 9.30 Å². The molecule has 3 aromatic heterocycles. The minimum absolute atomic E-state index is 0.122. The Balaban J connectivity index is 0.000000283. The molecule has 0 fully saturated rings. The molecule has 0 saturated carbocycles. The van der Waals surface area contributed by atoms with Crippen LogP contribution in [0, 0.1) is 6.92 Å². The zero-order chi connectivity index (χ0) is 27.1. The monoisotopic (exact) mass is 532 g/mol. The van der Waals surface area contributed by atoms with E-state index in [1.807, 2.05) is 11.6 Å². The summed E-state index contributed by atoms with van der Waals surface area (Å²) in [7, 11) is 0. The molecule has 1 aliphatic rings. The van der Waals surface area contributed by atoms with E-state index < -0.39 is 24.8 Å². The molecule has 0 radical (unpaired) electrons. The van der Waals surface area contributed by atoms with Crippen LogP contribution in [-0.2, 0) is 19.1 Å². The van der Waals surface area contributed by atoms with Crippen LogP contribution in [-0.4, -0.2) is 42.3 Å². The third kappa shape index (κ3) is 7.24. The fourth-order valence-corrected chi connectivity index (χ4v) is 3.70. The second-order valence-corrected chi connectivity index (χ2v) is 8.45. The molecule has 0 bridgehead atoms. The van der Waals surface area contributed by atoms with Crippen molar-refractivity contribution in [3.63, 3.8) is 0 Å². The average molecular weight is 533 g/mol. The summed E-state index contributed by atoms with van der Waals surface area (Å²) < 4.78 is 69.5. The van der Waals surface area contributed by atoms with Gasteiger partial charge in [-0.1, -0.05) is 30.3 Å². The highest BCUT2D eigenvalue weighted by atomic mass is 19.4. The Hall–Kier alpha value is -4.09. The fourth-order valence-electron chi connectivity index (χ4n) is 3.70. The zero-order valence-corrected chi connectivity index (χ0v) is 20.4. The summed E-state index contributed by atoms with van der Waals surface area (Å²) in [5.41, 5.74) is 1.32. The zero-order valence-electron chi connectivity index (χ0n) is 20.4. The summed E-state index contributed by atoms with van der Waals surface area (Å²) in [6, 6.07) is 9.91. The molecule has 0 N–H and O–H groups in total. The van der Waals surface area contributed by atoms with Crippen molar-refractivity contribution >= 4 is 12.2 Å². The van der Waals surface area contributed by atoms with Gasteiger partial charge in [-0.05, 0) is 44.1 Å². The first-order valence-electron chi connectivity index (χ1n) is 11.9. The van der Waals surface area contributed by atoms with Crippen LogP contribution in [0.2, 0.25) is 0 Å². The fraction of sp³-hybridized carbons (Fsp3) is 0.308. The number of aromatic nitrogens is 6. The molecule has 0 aliphatic carbocycles. The molecular formula is C26H25F5N6O. The predicted octanol–water partition coefficient (Wildman–Crippen LogP) is 6.02. The van der Waals surface area contributed by atoms with E-state index in [1.54, 1.807) is 47.4 Å². The highest BCUT2D eigenvalue weighted by Crippen LogP contribution is 2.28. The van der Waals surface area contributed by atoms with Crippen molar-refractivity contribution in [1.82, 2.24) is 29.3 Å². The number of nitrogens with zero attached hydrogens (tertiary/aromatic N) is 6. The molecule has 0 amide bonds. The van der Waals surface area contributed by atoms with Crippen LogP contribution in [0.25, 0.3) is 17.8 Å². The number of alkyl halides is 5. The van der Waals surface area contributed by atoms with E-state index in [4.69, 9.17) is 4.74 Å². The molecule has 4 aromatic rings. The number of imidazole rings is 1. The predicted molar refractivity (Wildman–Crippen MR) is 131 cm³/mol. The number of benzene rings is 1. The maximum absolute atomic E-state index is 12.6. The van der Waals surface area contributed by atoms with Crippen molar-refractivity contribution in [2.24, 2.45) is 0 Å². The summed E-state index contributed by atoms with van der Waals surface area (Å²) in [5, 5.41) is 4.46. The second kappa shape index (κ2) is 12.0. The van der Waals surface area contributed by atoms with Crippen LogP contribution < -0.4 is 4.74 Å². The molecule has 12 heteroatoms. The lowest BCUT2D eigenvalue weighted by molar-refractivity contribution is -0.137. The van der Waals surface area contributed by atoms with Gasteiger partial charge in [-0.3, -0.25) is 0 Å². The van der Waals surface area contributed by atoms with E-state index in [1.165, 1.54) is 12.1 Å². The molecule has 5 rings (SSSR count). The van der Waals surface area contributed by atoms with Crippen molar-refractivity contribution in [3.8, 4) is 11.6 Å². The number of ether oxygens (including phenoxy) is 1. The highest BCUT2D eigenvalue weighted by Gasteiger charge is 2.29. The van der Waals surface area contributed by atoms with Gasteiger partial charge in [0.05, 0.1) is 23.3 Å². The van der Waals surface area contributed by atoms with Crippen molar-refractivity contribution in [1.29, 1.82) is 0 Å². The van der Waals surface area contributed by atoms with Crippen LogP contribution in [0.4, 0.5) is 22.0 Å². The summed E-state index contributed by atoms with van der Waals surface area (Å²) in [6.07, 6.45) is 3.28. The minimum Gasteiger partial charge on any atom is -0.470 e. The largest absolute Gasteiger partial charge is 0.470 e. The normalized spacial score (nSPS) is 13.3. The molecule has 0 spiro atoms. The van der Waals surface area contributed by atoms with Gasteiger partial charge >= 0.3 is 6.18 Å². The lowest BCUT2D eigenvalue weighted by Crippen LogP contribution is -2.11. The minimum atomic E-state index is -4.21. The van der Waals surface area contributed by atoms with Crippen LogP contribution in [0.15, 0.2) is 55.0 Å². The van der Waals surface area contributed by atoms with Crippen molar-refractivity contribution in [2.45, 2.75) is 45.3 Å². The van der Waals surface area contributed by atoms with E-state index in [9.17, 15) is 22.0 Å². The third-order valence-corrected chi connectivity index (χ3v) is 5.49. The number of pyridine rings is 1. The molecular weight excluding hydrogens is 507 g/mol. The highest BCUT2D eigenvalue weighted by molar-refractivity contribution is 5.65. The molecule has 0 atom stereocenters. The van der Waals surface area contributed by atoms with Gasteiger partial charge in [-0.15, -0.1) is 0 Å². The Labute approximate surface area is 215 Å². The quantitative estimate of drug-likeness (QED) is 0.284. The number of rotatable bonds is 6. The van der Waals surface area contributed by atoms with Crippen LogP contribution >= 0.6 is 0 Å². The standard InChI is InChI=1S/C19H20F2N6O.C7H5F3/c1-13-10-26(12-22-13)15-7-5-14(23-19(15)28-11-16(20)21)6-8-17-24-18-4-2-3-9-27(18)25-17;8-7(9,10)6-4-2-1-3-5-6/h5-8,10,12,16H,2-4,9,11H2,1H3;1-5H/b8-6+;. The van der Waals surface area contributed by atoms with E-state index in [0.717, 1.165) is 49.5 Å². The maximum atomic E-state index is 12.6. The van der Waals surface area contributed by atoms with Crippen LogP contribution in [0.1, 0.15) is 41.4 Å². The molecule has 1 aromatic carbocycles. The van der Waals surface area contributed by atoms with Gasteiger partial charge in [0.2, 0.25) is 5.88 Å². The number of halogens is 5. The van der Waals surface area contributed by atoms with Crippen molar-refractivity contribution in [2.75, 3.05) is 6.61 Å². The lowest BCUT2D eigenvalue weighted by Gasteiger charge is -2.11. The van der Waals surface area contributed by atoms with Gasteiger partial charge in [-0.2, -0.15) is 18.3 Å². The van der Waals surface area contributed by atoms with Crippen molar-refractivity contribution < 1.29 is 26.7 Å². The topological polar surface area (TPSA) is 70.7 Å². The lowest BCUT2D eigenvalue weighted by atomic mass is 10.2. The first-order valence-corrected chi connectivity index (χ1v) is 11.9. The smallest absolute Gasteiger partial charge is 0.416 e. The first-order chi connectivity index (χ1) is 18.2. The van der Waals surface area contributed by atoms with Gasteiger partial charge in [0, 0.05) is 19.2 Å². The summed E-state index contributed by atoms with van der Waals surface area (Å²) in [6.45, 7) is 2.01. The van der Waals surface area contributed by atoms with Gasteiger partial charge in [0.25, 0.3) is 6.43 Å². The Morgan fingerprint density at radius 1 is 1.03 bits per heavy atom. The number of fused-ring (bicyclic) bond motifs is 1. The average Bonchev–Trinajstić information content (AvgIpc) is 3.52. The third-order valence-electron chi connectivity index (χ3n) is 5.49. The number of hydrogen-bond donors (Lipinski definition) is 0. The molecule has 7 nitrogen and oxygen atoms in total. The SMILES string of the molecule is Cc1cn(-c2ccc(/C=C/c3nc4n(n3)CCCC4)nc2OCC(F)F)cn1.FC(F)(F)c1ccccc1. The number of aryl methyl sites for hydroxylation is 3. The summed E-state index contributed by atoms with van der Waals surface area (Å²) >= 11 is 0. The van der Waals surface area contributed by atoms with E-state index in [-0.39, 0.29) is 5.88 Å². The molecule has 1 aliphatic heterocycles. The van der Waals surface area contributed by atoms with Gasteiger partial charge in [-0.25, -0.2) is 28.4 Å². The van der Waals surface area contributed by atoms with Gasteiger partial charge in [0.1, 0.15) is 11.5 Å². The number of hydrogen-bond acceptors (Lipinski definition) is 5. The molecule has 0 unspecified atom stereocenters. The van der Waals surface area contributed by atoms with Crippen molar-refractivity contribution in [3.05, 3.63) is 83.6 Å².